The summed E-state index contributed by atoms with van der Waals surface area (Å²) in [4.78, 5) is 2.29. The van der Waals surface area contributed by atoms with Gasteiger partial charge >= 0.3 is 0 Å². The van der Waals surface area contributed by atoms with Gasteiger partial charge in [-0.05, 0) is 26.8 Å². The predicted molar refractivity (Wildman–Crippen MR) is 62.9 cm³/mol. The van der Waals surface area contributed by atoms with Gasteiger partial charge in [0.1, 0.15) is 0 Å². The van der Waals surface area contributed by atoms with E-state index in [2.05, 4.69) is 11.8 Å². The van der Waals surface area contributed by atoms with Gasteiger partial charge in [-0.1, -0.05) is 6.92 Å². The van der Waals surface area contributed by atoms with E-state index in [1.165, 1.54) is 0 Å². The number of nitrogens with zero attached hydrogens (tertiary/aromatic N) is 1. The van der Waals surface area contributed by atoms with Crippen LogP contribution in [0.15, 0.2) is 0 Å². The molecule has 4 nitrogen and oxygen atoms in total. The fourth-order valence-electron chi connectivity index (χ4n) is 1.26. The van der Waals surface area contributed by atoms with E-state index in [9.17, 15) is 0 Å². The Balaban J connectivity index is 3.69. The minimum absolute atomic E-state index is 0.0377. The number of nitrogens with two attached hydrogens (primary N) is 1. The smallest absolute Gasteiger partial charge is 0.0608 e. The largest absolute Gasteiger partial charge is 0.394 e. The SMILES string of the molecule is CCOCCN(CC)CCC(C)(N)CO. The molecular weight excluding hydrogens is 192 g/mol. The Kier molecular flexibility index (Phi) is 7.96. The third kappa shape index (κ3) is 7.73. The normalized spacial score (nSPS) is 15.6. The summed E-state index contributed by atoms with van der Waals surface area (Å²) in [6.07, 6.45) is 0.809. The number of aliphatic hydroxyl groups is 1. The number of likely N-dealkylation sites (N-methyl/N-ethyl adjacent to an activating group) is 1. The lowest BCUT2D eigenvalue weighted by Crippen LogP contribution is -2.44. The molecule has 0 amide bonds. The zero-order valence-electron chi connectivity index (χ0n) is 10.3. The Hall–Kier alpha value is -0.160. The molecular formula is C11H26N2O2. The molecule has 92 valence electrons. The van der Waals surface area contributed by atoms with Gasteiger partial charge in [0.05, 0.1) is 13.2 Å². The highest BCUT2D eigenvalue weighted by Crippen LogP contribution is 2.05. The second-order valence-corrected chi connectivity index (χ2v) is 4.19. The van der Waals surface area contributed by atoms with E-state index in [0.717, 1.165) is 39.3 Å². The summed E-state index contributed by atoms with van der Waals surface area (Å²) in [5.41, 5.74) is 5.41. The summed E-state index contributed by atoms with van der Waals surface area (Å²) in [7, 11) is 0. The molecule has 0 aromatic carbocycles. The van der Waals surface area contributed by atoms with E-state index in [4.69, 9.17) is 15.6 Å². The average molecular weight is 218 g/mol. The Bertz CT molecular complexity index is 152. The topological polar surface area (TPSA) is 58.7 Å². The number of hydrogen-bond acceptors (Lipinski definition) is 4. The third-order valence-electron chi connectivity index (χ3n) is 2.56. The van der Waals surface area contributed by atoms with Crippen LogP contribution < -0.4 is 5.73 Å². The van der Waals surface area contributed by atoms with Crippen molar-refractivity contribution in [3.63, 3.8) is 0 Å². The monoisotopic (exact) mass is 218 g/mol. The van der Waals surface area contributed by atoms with Gasteiger partial charge in [-0.25, -0.2) is 0 Å². The molecule has 0 rings (SSSR count). The molecule has 0 aromatic heterocycles. The van der Waals surface area contributed by atoms with Crippen molar-refractivity contribution in [2.24, 2.45) is 5.73 Å². The lowest BCUT2D eigenvalue weighted by atomic mass is 10.0. The maximum absolute atomic E-state index is 9.03. The Morgan fingerprint density at radius 1 is 1.33 bits per heavy atom. The van der Waals surface area contributed by atoms with Gasteiger partial charge in [0, 0.05) is 25.2 Å². The first-order valence-electron chi connectivity index (χ1n) is 5.75. The zero-order valence-corrected chi connectivity index (χ0v) is 10.3. The van der Waals surface area contributed by atoms with Crippen LogP contribution in [0.4, 0.5) is 0 Å². The quantitative estimate of drug-likeness (QED) is 0.552. The molecule has 15 heavy (non-hydrogen) atoms. The molecule has 1 unspecified atom stereocenters. The van der Waals surface area contributed by atoms with Crippen LogP contribution in [0.5, 0.6) is 0 Å². The van der Waals surface area contributed by atoms with Crippen molar-refractivity contribution in [2.75, 3.05) is 39.5 Å². The van der Waals surface area contributed by atoms with E-state index in [-0.39, 0.29) is 6.61 Å². The first-order valence-corrected chi connectivity index (χ1v) is 5.75. The van der Waals surface area contributed by atoms with Crippen LogP contribution >= 0.6 is 0 Å². The van der Waals surface area contributed by atoms with Crippen molar-refractivity contribution < 1.29 is 9.84 Å². The molecule has 0 aliphatic rings. The van der Waals surface area contributed by atoms with Crippen molar-refractivity contribution in [3.05, 3.63) is 0 Å². The van der Waals surface area contributed by atoms with E-state index < -0.39 is 5.54 Å². The maximum atomic E-state index is 9.03. The van der Waals surface area contributed by atoms with Gasteiger partial charge in [-0.3, -0.25) is 0 Å². The molecule has 1 atom stereocenters. The number of ether oxygens (including phenoxy) is 1. The van der Waals surface area contributed by atoms with Crippen LogP contribution in [0.2, 0.25) is 0 Å². The predicted octanol–water partition coefficient (Wildman–Crippen LogP) is 0.445. The van der Waals surface area contributed by atoms with Crippen molar-refractivity contribution in [3.8, 4) is 0 Å². The van der Waals surface area contributed by atoms with Crippen molar-refractivity contribution in [1.29, 1.82) is 0 Å². The van der Waals surface area contributed by atoms with Gasteiger partial charge in [-0.2, -0.15) is 0 Å². The standard InChI is InChI=1S/C11H26N2O2/c1-4-13(8-9-15-5-2)7-6-11(3,12)10-14/h14H,4-10,12H2,1-3H3. The van der Waals surface area contributed by atoms with E-state index in [1.807, 2.05) is 13.8 Å². The Labute approximate surface area is 93.4 Å². The minimum Gasteiger partial charge on any atom is -0.394 e. The first kappa shape index (κ1) is 14.8. The molecule has 4 heteroatoms. The first-order chi connectivity index (χ1) is 7.05. The number of aliphatic hydroxyl groups excluding tert-OH is 1. The van der Waals surface area contributed by atoms with Crippen molar-refractivity contribution in [1.82, 2.24) is 4.90 Å². The summed E-state index contributed by atoms with van der Waals surface area (Å²) in [6, 6.07) is 0. The highest BCUT2D eigenvalue weighted by molar-refractivity contribution is 4.78. The Morgan fingerprint density at radius 3 is 2.47 bits per heavy atom. The zero-order chi connectivity index (χ0) is 11.7. The van der Waals surface area contributed by atoms with Crippen LogP contribution in [0.1, 0.15) is 27.2 Å². The molecule has 0 aliphatic carbocycles. The number of hydrogen-bond donors (Lipinski definition) is 2. The molecule has 0 heterocycles. The average Bonchev–Trinajstić information content (AvgIpc) is 2.23. The van der Waals surface area contributed by atoms with E-state index in [0.29, 0.717) is 0 Å². The van der Waals surface area contributed by atoms with Gasteiger partial charge < -0.3 is 20.5 Å². The summed E-state index contributed by atoms with van der Waals surface area (Å²) in [5, 5.41) is 9.03. The fourth-order valence-corrected chi connectivity index (χ4v) is 1.26. The fraction of sp³-hybridized carbons (Fsp3) is 1.00. The molecule has 0 saturated carbocycles. The van der Waals surface area contributed by atoms with Crippen LogP contribution in [-0.2, 0) is 4.74 Å². The summed E-state index contributed by atoms with van der Waals surface area (Å²) < 4.78 is 5.30. The van der Waals surface area contributed by atoms with Gasteiger partial charge in [0.2, 0.25) is 0 Å². The molecule has 0 aromatic rings. The third-order valence-corrected chi connectivity index (χ3v) is 2.56. The summed E-state index contributed by atoms with van der Waals surface area (Å²) in [5.74, 6) is 0. The van der Waals surface area contributed by atoms with Gasteiger partial charge in [-0.15, -0.1) is 0 Å². The van der Waals surface area contributed by atoms with Crippen molar-refractivity contribution >= 4 is 0 Å². The molecule has 0 radical (unpaired) electrons. The molecule has 0 bridgehead atoms. The lowest BCUT2D eigenvalue weighted by Gasteiger charge is -2.27. The highest BCUT2D eigenvalue weighted by atomic mass is 16.5. The molecule has 0 aliphatic heterocycles. The highest BCUT2D eigenvalue weighted by Gasteiger charge is 2.17. The van der Waals surface area contributed by atoms with Crippen LogP contribution in [0.3, 0.4) is 0 Å². The van der Waals surface area contributed by atoms with Crippen molar-refractivity contribution in [2.45, 2.75) is 32.7 Å². The molecule has 0 fully saturated rings. The van der Waals surface area contributed by atoms with Gasteiger partial charge in [0.25, 0.3) is 0 Å². The van der Waals surface area contributed by atoms with Crippen LogP contribution in [0.25, 0.3) is 0 Å². The molecule has 3 N–H and O–H groups in total. The molecule has 0 spiro atoms. The second kappa shape index (κ2) is 8.05. The van der Waals surface area contributed by atoms with E-state index >= 15 is 0 Å². The second-order valence-electron chi connectivity index (χ2n) is 4.19. The van der Waals surface area contributed by atoms with Crippen LogP contribution in [-0.4, -0.2) is 55.0 Å². The molecule has 0 saturated heterocycles. The van der Waals surface area contributed by atoms with Gasteiger partial charge in [0.15, 0.2) is 0 Å². The minimum atomic E-state index is -0.459. The summed E-state index contributed by atoms with van der Waals surface area (Å²) in [6.45, 7) is 10.4. The number of rotatable bonds is 9. The van der Waals surface area contributed by atoms with E-state index in [1.54, 1.807) is 0 Å². The van der Waals surface area contributed by atoms with Crippen LogP contribution in [0, 0.1) is 0 Å². The Morgan fingerprint density at radius 2 is 2.00 bits per heavy atom. The lowest BCUT2D eigenvalue weighted by molar-refractivity contribution is 0.108. The maximum Gasteiger partial charge on any atom is 0.0608 e. The summed E-state index contributed by atoms with van der Waals surface area (Å²) >= 11 is 0.